The summed E-state index contributed by atoms with van der Waals surface area (Å²) < 4.78 is 9.24. The first kappa shape index (κ1) is 9.63. The number of rotatable bonds is 0. The van der Waals surface area contributed by atoms with Gasteiger partial charge in [-0.1, -0.05) is 0 Å². The molecule has 4 heteroatoms. The average molecular weight is 186 g/mol. The van der Waals surface area contributed by atoms with E-state index in [1.807, 2.05) is 12.1 Å². The van der Waals surface area contributed by atoms with Crippen molar-refractivity contribution in [3.05, 3.63) is 48.3 Å². The zero-order valence-corrected chi connectivity index (χ0v) is 7.18. The van der Waals surface area contributed by atoms with Gasteiger partial charge in [-0.2, -0.15) is 10.5 Å². The van der Waals surface area contributed by atoms with Gasteiger partial charge in [-0.3, -0.25) is 0 Å². The summed E-state index contributed by atoms with van der Waals surface area (Å²) in [5.74, 6) is 0.722. The van der Waals surface area contributed by atoms with Crippen LogP contribution in [0.4, 0.5) is 0 Å². The summed E-state index contributed by atoms with van der Waals surface area (Å²) in [4.78, 5) is 0. The zero-order chi connectivity index (χ0) is 10.2. The second-order valence-electron chi connectivity index (χ2n) is 2.18. The molecule has 0 fully saturated rings. The standard InChI is InChI=1S/2C5H3NO/c2*6-4-5-2-1-3-7-5/h2*1-3H. The fourth-order valence-corrected chi connectivity index (χ4v) is 0.684. The van der Waals surface area contributed by atoms with Gasteiger partial charge in [0.15, 0.2) is 0 Å². The minimum Gasteiger partial charge on any atom is -0.454 e. The third-order valence-electron chi connectivity index (χ3n) is 1.26. The molecule has 4 nitrogen and oxygen atoms in total. The van der Waals surface area contributed by atoms with Crippen LogP contribution in [0.3, 0.4) is 0 Å². The van der Waals surface area contributed by atoms with Crippen LogP contribution >= 0.6 is 0 Å². The average Bonchev–Trinajstić information content (AvgIpc) is 2.92. The van der Waals surface area contributed by atoms with E-state index in [9.17, 15) is 0 Å². The number of furan rings is 2. The molecule has 0 radical (unpaired) electrons. The highest BCUT2D eigenvalue weighted by Crippen LogP contribution is 1.94. The molecule has 2 heterocycles. The van der Waals surface area contributed by atoms with Crippen molar-refractivity contribution in [3.63, 3.8) is 0 Å². The predicted molar refractivity (Wildman–Crippen MR) is 46.8 cm³/mol. The molecular weight excluding hydrogens is 180 g/mol. The zero-order valence-electron chi connectivity index (χ0n) is 7.18. The van der Waals surface area contributed by atoms with Gasteiger partial charge in [0.25, 0.3) is 0 Å². The Balaban J connectivity index is 0.000000140. The maximum absolute atomic E-state index is 8.08. The molecule has 2 aromatic heterocycles. The molecule has 0 aliphatic rings. The summed E-state index contributed by atoms with van der Waals surface area (Å²) in [6, 6.07) is 10.3. The molecule has 0 aliphatic heterocycles. The van der Waals surface area contributed by atoms with Crippen LogP contribution in [0.1, 0.15) is 11.5 Å². The van der Waals surface area contributed by atoms with E-state index >= 15 is 0 Å². The monoisotopic (exact) mass is 186 g/mol. The predicted octanol–water partition coefficient (Wildman–Crippen LogP) is 2.30. The van der Waals surface area contributed by atoms with Gasteiger partial charge in [0.1, 0.15) is 12.1 Å². The third-order valence-corrected chi connectivity index (χ3v) is 1.26. The van der Waals surface area contributed by atoms with Gasteiger partial charge in [0.05, 0.1) is 12.5 Å². The van der Waals surface area contributed by atoms with Gasteiger partial charge in [0, 0.05) is 0 Å². The summed E-state index contributed by atoms with van der Waals surface area (Å²) in [6.45, 7) is 0. The molecule has 0 N–H and O–H groups in total. The molecule has 0 saturated heterocycles. The lowest BCUT2D eigenvalue weighted by Crippen LogP contribution is -1.54. The van der Waals surface area contributed by atoms with Crippen molar-refractivity contribution >= 4 is 0 Å². The molecule has 2 rings (SSSR count). The summed E-state index contributed by atoms with van der Waals surface area (Å²) in [6.07, 6.45) is 2.94. The lowest BCUT2D eigenvalue weighted by molar-refractivity contribution is 0.552. The van der Waals surface area contributed by atoms with E-state index < -0.39 is 0 Å². The number of nitrogens with zero attached hydrogens (tertiary/aromatic N) is 2. The normalized spacial score (nSPS) is 7.86. The highest BCUT2D eigenvalue weighted by molar-refractivity contribution is 5.15. The van der Waals surface area contributed by atoms with Crippen molar-refractivity contribution in [2.75, 3.05) is 0 Å². The molecule has 0 spiro atoms. The van der Waals surface area contributed by atoms with E-state index in [-0.39, 0.29) is 0 Å². The van der Waals surface area contributed by atoms with Crippen molar-refractivity contribution in [3.8, 4) is 12.1 Å². The summed E-state index contributed by atoms with van der Waals surface area (Å²) in [5.41, 5.74) is 0. The highest BCUT2D eigenvalue weighted by Gasteiger charge is 1.84. The van der Waals surface area contributed by atoms with Crippen molar-refractivity contribution in [1.29, 1.82) is 10.5 Å². The fraction of sp³-hybridized carbons (Fsp3) is 0. The fourth-order valence-electron chi connectivity index (χ4n) is 0.684. The number of hydrogen-bond donors (Lipinski definition) is 0. The number of hydrogen-bond acceptors (Lipinski definition) is 4. The largest absolute Gasteiger partial charge is 0.454 e. The van der Waals surface area contributed by atoms with E-state index in [2.05, 4.69) is 8.83 Å². The topological polar surface area (TPSA) is 73.9 Å². The van der Waals surface area contributed by atoms with E-state index in [0.717, 1.165) is 0 Å². The Bertz CT molecular complexity index is 385. The minimum atomic E-state index is 0.361. The Morgan fingerprint density at radius 3 is 1.43 bits per heavy atom. The van der Waals surface area contributed by atoms with Crippen molar-refractivity contribution in [1.82, 2.24) is 0 Å². The highest BCUT2D eigenvalue weighted by atomic mass is 16.3. The summed E-state index contributed by atoms with van der Waals surface area (Å²) in [5, 5.41) is 16.2. The van der Waals surface area contributed by atoms with Crippen molar-refractivity contribution in [2.45, 2.75) is 0 Å². The van der Waals surface area contributed by atoms with Crippen LogP contribution in [0, 0.1) is 22.7 Å². The van der Waals surface area contributed by atoms with Gasteiger partial charge < -0.3 is 8.83 Å². The SMILES string of the molecule is N#Cc1ccco1.N#Cc1ccco1. The second-order valence-corrected chi connectivity index (χ2v) is 2.18. The Morgan fingerprint density at radius 1 is 0.857 bits per heavy atom. The quantitative estimate of drug-likeness (QED) is 0.632. The molecule has 0 unspecified atom stereocenters. The van der Waals surface area contributed by atoms with Gasteiger partial charge >= 0.3 is 0 Å². The molecule has 0 amide bonds. The molecule has 14 heavy (non-hydrogen) atoms. The first-order chi connectivity index (χ1) is 6.86. The van der Waals surface area contributed by atoms with Gasteiger partial charge in [0.2, 0.25) is 11.5 Å². The van der Waals surface area contributed by atoms with Crippen LogP contribution in [-0.4, -0.2) is 0 Å². The van der Waals surface area contributed by atoms with E-state index in [4.69, 9.17) is 10.5 Å². The molecule has 0 atom stereocenters. The summed E-state index contributed by atoms with van der Waals surface area (Å²) in [7, 11) is 0. The van der Waals surface area contributed by atoms with Crippen molar-refractivity contribution < 1.29 is 8.83 Å². The molecule has 68 valence electrons. The van der Waals surface area contributed by atoms with Crippen LogP contribution in [0.5, 0.6) is 0 Å². The molecule has 0 aliphatic carbocycles. The second kappa shape index (κ2) is 5.23. The van der Waals surface area contributed by atoms with E-state index in [1.165, 1.54) is 12.5 Å². The Kier molecular flexibility index (Phi) is 3.60. The Hall–Kier alpha value is -2.46. The van der Waals surface area contributed by atoms with Crippen LogP contribution < -0.4 is 0 Å². The molecule has 2 aromatic rings. The molecule has 0 aromatic carbocycles. The number of nitriles is 2. The first-order valence-electron chi connectivity index (χ1n) is 3.74. The van der Waals surface area contributed by atoms with Crippen LogP contribution in [-0.2, 0) is 0 Å². The maximum Gasteiger partial charge on any atom is 0.203 e. The molecular formula is C10H6N2O2. The van der Waals surface area contributed by atoms with Crippen LogP contribution in [0.25, 0.3) is 0 Å². The Labute approximate surface area is 80.6 Å². The van der Waals surface area contributed by atoms with Crippen molar-refractivity contribution in [2.24, 2.45) is 0 Å². The molecule has 0 bridgehead atoms. The third kappa shape index (κ3) is 2.88. The lowest BCUT2D eigenvalue weighted by Gasteiger charge is -1.65. The van der Waals surface area contributed by atoms with Gasteiger partial charge in [-0.15, -0.1) is 0 Å². The smallest absolute Gasteiger partial charge is 0.203 e. The van der Waals surface area contributed by atoms with E-state index in [1.54, 1.807) is 24.3 Å². The van der Waals surface area contributed by atoms with Gasteiger partial charge in [-0.25, -0.2) is 0 Å². The first-order valence-corrected chi connectivity index (χ1v) is 3.74. The lowest BCUT2D eigenvalue weighted by atomic mass is 10.5. The Morgan fingerprint density at radius 2 is 1.29 bits per heavy atom. The van der Waals surface area contributed by atoms with Crippen LogP contribution in [0.15, 0.2) is 45.6 Å². The maximum atomic E-state index is 8.08. The molecule has 0 saturated carbocycles. The minimum absolute atomic E-state index is 0.361. The van der Waals surface area contributed by atoms with Crippen LogP contribution in [0.2, 0.25) is 0 Å². The van der Waals surface area contributed by atoms with E-state index in [0.29, 0.717) is 11.5 Å². The summed E-state index contributed by atoms with van der Waals surface area (Å²) >= 11 is 0. The van der Waals surface area contributed by atoms with Gasteiger partial charge in [-0.05, 0) is 24.3 Å².